The summed E-state index contributed by atoms with van der Waals surface area (Å²) in [6.07, 6.45) is 7.62. The number of hydrogen-bond acceptors (Lipinski definition) is 13. The number of aliphatic hydroxyl groups excluding tert-OH is 1. The van der Waals surface area contributed by atoms with Crippen LogP contribution in [0.5, 0.6) is 5.88 Å². The molecule has 1 atom stereocenters. The van der Waals surface area contributed by atoms with E-state index in [4.69, 9.17) is 24.2 Å². The first-order valence-electron chi connectivity index (χ1n) is 16.3. The molecular weight excluding hydrogens is 590 g/mol. The van der Waals surface area contributed by atoms with Gasteiger partial charge in [0.25, 0.3) is 0 Å². The summed E-state index contributed by atoms with van der Waals surface area (Å²) in [5.74, 6) is 2.57. The predicted molar refractivity (Wildman–Crippen MR) is 173 cm³/mol. The number of fused-ring (bicyclic) bond motifs is 2. The Morgan fingerprint density at radius 1 is 1.04 bits per heavy atom. The normalized spacial score (nSPS) is 23.8. The van der Waals surface area contributed by atoms with Crippen LogP contribution in [0, 0.1) is 0 Å². The second-order valence-corrected chi connectivity index (χ2v) is 12.6. The largest absolute Gasteiger partial charge is 0.474 e. The lowest BCUT2D eigenvalue weighted by Gasteiger charge is -2.36. The molecule has 3 aromatic heterocycles. The average Bonchev–Trinajstić information content (AvgIpc) is 3.36. The molecule has 1 saturated carbocycles. The second kappa shape index (κ2) is 13.4. The zero-order valence-electron chi connectivity index (χ0n) is 26.5. The van der Waals surface area contributed by atoms with Crippen molar-refractivity contribution < 1.29 is 24.1 Å². The fraction of sp³-hybridized carbons (Fsp3) is 0.594. The molecule has 14 heteroatoms. The second-order valence-electron chi connectivity index (χ2n) is 12.6. The average molecular weight is 634 g/mol. The molecule has 1 aliphatic carbocycles. The van der Waals surface area contributed by atoms with E-state index in [9.17, 15) is 9.90 Å². The van der Waals surface area contributed by atoms with E-state index in [1.165, 1.54) is 4.90 Å². The van der Waals surface area contributed by atoms with Crippen LogP contribution in [0.4, 0.5) is 23.3 Å². The minimum absolute atomic E-state index is 0.0383. The summed E-state index contributed by atoms with van der Waals surface area (Å²) in [5, 5.41) is 15.9. The molecule has 4 aliphatic rings. The Morgan fingerprint density at radius 3 is 2.57 bits per heavy atom. The van der Waals surface area contributed by atoms with Gasteiger partial charge >= 0.3 is 0 Å². The number of amides is 1. The number of morpholine rings is 1. The Morgan fingerprint density at radius 2 is 1.80 bits per heavy atom. The van der Waals surface area contributed by atoms with Gasteiger partial charge in [-0.2, -0.15) is 9.97 Å². The summed E-state index contributed by atoms with van der Waals surface area (Å²) < 4.78 is 17.7. The van der Waals surface area contributed by atoms with Crippen LogP contribution in [-0.2, 0) is 14.3 Å². The first-order valence-corrected chi connectivity index (χ1v) is 16.3. The van der Waals surface area contributed by atoms with Crippen LogP contribution in [0.2, 0.25) is 0 Å². The van der Waals surface area contributed by atoms with Crippen molar-refractivity contribution in [2.45, 2.75) is 63.1 Å². The number of nitrogens with one attached hydrogen (secondary N) is 1. The molecule has 2 saturated heterocycles. The van der Waals surface area contributed by atoms with Gasteiger partial charge in [-0.25, -0.2) is 4.98 Å². The topological polar surface area (TPSA) is 142 Å². The van der Waals surface area contributed by atoms with Gasteiger partial charge in [0, 0.05) is 64.7 Å². The van der Waals surface area contributed by atoms with Crippen molar-refractivity contribution >= 4 is 40.1 Å². The number of carbonyl (C=O) groups is 1. The maximum absolute atomic E-state index is 12.6. The van der Waals surface area contributed by atoms with E-state index in [1.54, 1.807) is 31.4 Å². The number of rotatable bonds is 8. The first kappa shape index (κ1) is 30.6. The van der Waals surface area contributed by atoms with E-state index in [1.807, 2.05) is 23.1 Å². The maximum atomic E-state index is 12.6. The molecule has 6 heterocycles. The molecule has 0 spiro atoms. The molecule has 3 aliphatic heterocycles. The molecule has 1 unspecified atom stereocenters. The number of ether oxygens (including phenoxy) is 3. The summed E-state index contributed by atoms with van der Waals surface area (Å²) in [4.78, 5) is 39.0. The fourth-order valence-electron chi connectivity index (χ4n) is 6.73. The fourth-order valence-corrected chi connectivity index (χ4v) is 6.73. The quantitative estimate of drug-likeness (QED) is 0.375. The number of likely N-dealkylation sites (N-methyl/N-ethyl adjacent to an activating group) is 1. The van der Waals surface area contributed by atoms with E-state index < -0.39 is 6.35 Å². The van der Waals surface area contributed by atoms with Crippen LogP contribution in [-0.4, -0.2) is 121 Å². The van der Waals surface area contributed by atoms with Crippen LogP contribution in [0.25, 0.3) is 10.9 Å². The molecule has 0 bridgehead atoms. The molecule has 46 heavy (non-hydrogen) atoms. The van der Waals surface area contributed by atoms with Gasteiger partial charge in [0.1, 0.15) is 24.2 Å². The standard InChI is InChI=1S/C32H43N9O5/c1-38(2)28(42)20-40-26-19-34-31(37-29(26)41(32(40)43)22-9-14-44-15-10-22)35-21-5-7-23(8-6-21)46-30-24-4-3-11-33-25(24)18-27(36-30)39-12-16-45-17-13-39/h3-4,11,18-19,21-23,32,43H,5-10,12-17,20H2,1-2H3,(H,34,35,37). The first-order chi connectivity index (χ1) is 22.4. The smallest absolute Gasteiger partial charge is 0.241 e. The SMILES string of the molecule is CN(C)C(=O)CN1c2cnc(NC3CCC(Oc4nc(N5CCOCC5)cc5ncccc45)CC3)nc2N(C2CCOCC2)C1O. The maximum Gasteiger partial charge on any atom is 0.241 e. The van der Waals surface area contributed by atoms with E-state index in [0.29, 0.717) is 49.8 Å². The van der Waals surface area contributed by atoms with Gasteiger partial charge in [-0.1, -0.05) is 0 Å². The van der Waals surface area contributed by atoms with Crippen LogP contribution in [0.3, 0.4) is 0 Å². The van der Waals surface area contributed by atoms with Crippen molar-refractivity contribution in [1.29, 1.82) is 0 Å². The molecule has 7 rings (SSSR count). The third-order valence-corrected chi connectivity index (χ3v) is 9.39. The van der Waals surface area contributed by atoms with E-state index in [2.05, 4.69) is 20.2 Å². The summed E-state index contributed by atoms with van der Waals surface area (Å²) >= 11 is 0. The van der Waals surface area contributed by atoms with Crippen molar-refractivity contribution in [1.82, 2.24) is 24.8 Å². The Hall–Kier alpha value is -4.01. The molecular formula is C32H43N9O5. The Labute approximate surface area is 268 Å². The predicted octanol–water partition coefficient (Wildman–Crippen LogP) is 2.23. The van der Waals surface area contributed by atoms with Gasteiger partial charge in [-0.15, -0.1) is 0 Å². The van der Waals surface area contributed by atoms with Crippen LogP contribution in [0.15, 0.2) is 30.6 Å². The Bertz CT molecular complexity index is 1520. The van der Waals surface area contributed by atoms with Gasteiger partial charge in [0.2, 0.25) is 24.1 Å². The minimum atomic E-state index is -0.999. The lowest BCUT2D eigenvalue weighted by atomic mass is 9.93. The molecule has 246 valence electrons. The molecule has 3 aromatic rings. The van der Waals surface area contributed by atoms with Gasteiger partial charge in [0.05, 0.1) is 30.3 Å². The zero-order valence-corrected chi connectivity index (χ0v) is 26.5. The Kier molecular flexibility index (Phi) is 8.91. The van der Waals surface area contributed by atoms with Crippen LogP contribution < -0.4 is 24.8 Å². The van der Waals surface area contributed by atoms with E-state index in [-0.39, 0.29) is 30.6 Å². The van der Waals surface area contributed by atoms with Gasteiger partial charge in [-0.3, -0.25) is 9.78 Å². The number of pyridine rings is 2. The highest BCUT2D eigenvalue weighted by Gasteiger charge is 2.42. The van der Waals surface area contributed by atoms with Crippen molar-refractivity contribution in [3.63, 3.8) is 0 Å². The van der Waals surface area contributed by atoms with Crippen molar-refractivity contribution in [2.75, 3.05) is 80.2 Å². The highest BCUT2D eigenvalue weighted by Crippen LogP contribution is 2.40. The van der Waals surface area contributed by atoms with Crippen molar-refractivity contribution in [2.24, 2.45) is 0 Å². The van der Waals surface area contributed by atoms with Gasteiger partial charge < -0.3 is 44.2 Å². The van der Waals surface area contributed by atoms with Gasteiger partial charge in [-0.05, 0) is 50.7 Å². The number of anilines is 4. The van der Waals surface area contributed by atoms with Crippen molar-refractivity contribution in [3.8, 4) is 5.88 Å². The van der Waals surface area contributed by atoms with Crippen molar-refractivity contribution in [3.05, 3.63) is 30.6 Å². The lowest BCUT2D eigenvalue weighted by molar-refractivity contribution is -0.127. The monoisotopic (exact) mass is 633 g/mol. The third kappa shape index (κ3) is 6.33. The number of aliphatic hydroxyl groups is 1. The molecule has 14 nitrogen and oxygen atoms in total. The molecule has 3 fully saturated rings. The summed E-state index contributed by atoms with van der Waals surface area (Å²) in [5.41, 5.74) is 1.54. The molecule has 2 N–H and O–H groups in total. The highest BCUT2D eigenvalue weighted by molar-refractivity contribution is 5.86. The molecule has 0 aromatic carbocycles. The third-order valence-electron chi connectivity index (χ3n) is 9.39. The van der Waals surface area contributed by atoms with E-state index >= 15 is 0 Å². The molecule has 0 radical (unpaired) electrons. The van der Waals surface area contributed by atoms with E-state index in [0.717, 1.165) is 68.3 Å². The summed E-state index contributed by atoms with van der Waals surface area (Å²) in [6.45, 7) is 4.25. The number of hydrogen-bond donors (Lipinski definition) is 2. The number of aromatic nitrogens is 4. The van der Waals surface area contributed by atoms with Crippen LogP contribution in [0.1, 0.15) is 38.5 Å². The minimum Gasteiger partial charge on any atom is -0.474 e. The Balaban J connectivity index is 1.03. The highest BCUT2D eigenvalue weighted by atomic mass is 16.5. The zero-order chi connectivity index (χ0) is 31.6. The molecule has 1 amide bonds. The van der Waals surface area contributed by atoms with Crippen LogP contribution >= 0.6 is 0 Å². The summed E-state index contributed by atoms with van der Waals surface area (Å²) in [7, 11) is 3.42. The van der Waals surface area contributed by atoms with Gasteiger partial charge in [0.15, 0.2) is 5.82 Å². The number of carbonyl (C=O) groups excluding carboxylic acids is 1. The lowest BCUT2D eigenvalue weighted by Crippen LogP contribution is -2.52. The summed E-state index contributed by atoms with van der Waals surface area (Å²) in [6, 6.07) is 6.21. The number of nitrogens with zero attached hydrogens (tertiary/aromatic N) is 8.